The Kier molecular flexibility index (Phi) is 13.1. The number of ether oxygens (including phenoxy) is 3. The second-order valence-electron chi connectivity index (χ2n) is 10.6. The van der Waals surface area contributed by atoms with Crippen LogP contribution in [-0.4, -0.2) is 73.9 Å². The number of hydrogen-bond donors (Lipinski definition) is 4. The maximum absolute atomic E-state index is 13.5. The summed E-state index contributed by atoms with van der Waals surface area (Å²) < 4.78 is 16.6. The first kappa shape index (κ1) is 34.4. The fourth-order valence-corrected chi connectivity index (χ4v) is 4.95. The van der Waals surface area contributed by atoms with Gasteiger partial charge < -0.3 is 35.7 Å². The van der Waals surface area contributed by atoms with Gasteiger partial charge in [0.1, 0.15) is 6.10 Å². The van der Waals surface area contributed by atoms with E-state index in [1.54, 1.807) is 45.1 Å². The van der Waals surface area contributed by atoms with E-state index in [0.717, 1.165) is 6.08 Å². The van der Waals surface area contributed by atoms with Gasteiger partial charge in [-0.05, 0) is 38.2 Å². The molecule has 0 unspecified atom stereocenters. The zero-order valence-corrected chi connectivity index (χ0v) is 25.1. The summed E-state index contributed by atoms with van der Waals surface area (Å²) in [6, 6.07) is 0. The van der Waals surface area contributed by atoms with Crippen LogP contribution in [0.1, 0.15) is 40.5 Å². The number of methoxy groups -OCH3 is 2. The van der Waals surface area contributed by atoms with E-state index in [9.17, 15) is 24.3 Å². The first-order valence-electron chi connectivity index (χ1n) is 13.8. The van der Waals surface area contributed by atoms with Crippen LogP contribution in [-0.2, 0) is 28.6 Å². The van der Waals surface area contributed by atoms with Crippen LogP contribution in [0.25, 0.3) is 0 Å². The maximum Gasteiger partial charge on any atom is 0.405 e. The van der Waals surface area contributed by atoms with Gasteiger partial charge in [0.05, 0.1) is 23.6 Å². The Bertz CT molecular complexity index is 1210. The number of primary amides is 1. The van der Waals surface area contributed by atoms with Gasteiger partial charge in [0.15, 0.2) is 6.10 Å². The van der Waals surface area contributed by atoms with Crippen molar-refractivity contribution >= 4 is 23.6 Å². The topological polar surface area (TPSA) is 166 Å². The number of nitrogens with one attached hydrogen (secondary N) is 2. The third-order valence-electron chi connectivity index (χ3n) is 7.22. The predicted octanol–water partition coefficient (Wildman–Crippen LogP) is 2.54. The highest BCUT2D eigenvalue weighted by Crippen LogP contribution is 2.28. The molecule has 11 heteroatoms. The van der Waals surface area contributed by atoms with Crippen LogP contribution in [0.3, 0.4) is 0 Å². The first-order chi connectivity index (χ1) is 19.8. The van der Waals surface area contributed by atoms with E-state index in [-0.39, 0.29) is 41.4 Å². The number of Topliss-reactive ketones (excluding diaryl/α,β-unsaturated/α-hetero) is 1. The Balaban J connectivity index is 2.62. The van der Waals surface area contributed by atoms with Crippen molar-refractivity contribution in [1.82, 2.24) is 10.6 Å². The van der Waals surface area contributed by atoms with Crippen molar-refractivity contribution in [2.45, 2.75) is 65.0 Å². The van der Waals surface area contributed by atoms with E-state index in [1.165, 1.54) is 20.3 Å². The summed E-state index contributed by atoms with van der Waals surface area (Å²) in [4.78, 5) is 51.3. The highest BCUT2D eigenvalue weighted by atomic mass is 16.6. The lowest BCUT2D eigenvalue weighted by molar-refractivity contribution is -0.120. The Hall–Kier alpha value is -3.80. The molecule has 42 heavy (non-hydrogen) atoms. The monoisotopic (exact) mass is 585 g/mol. The number of carbonyl (C=O) groups excluding carboxylic acids is 4. The van der Waals surface area contributed by atoms with E-state index >= 15 is 0 Å². The molecule has 0 aromatic carbocycles. The summed E-state index contributed by atoms with van der Waals surface area (Å²) >= 11 is 0. The Morgan fingerprint density at radius 2 is 1.90 bits per heavy atom. The van der Waals surface area contributed by atoms with Crippen molar-refractivity contribution in [2.24, 2.45) is 17.6 Å². The Morgan fingerprint density at radius 1 is 1.21 bits per heavy atom. The third kappa shape index (κ3) is 9.10. The highest BCUT2D eigenvalue weighted by molar-refractivity contribution is 6.23. The van der Waals surface area contributed by atoms with Gasteiger partial charge in [-0.2, -0.15) is 0 Å². The number of hydrogen-bond acceptors (Lipinski definition) is 9. The molecule has 1 aliphatic heterocycles. The third-order valence-corrected chi connectivity index (χ3v) is 7.22. The smallest absolute Gasteiger partial charge is 0.405 e. The van der Waals surface area contributed by atoms with Crippen LogP contribution in [0.15, 0.2) is 71.1 Å². The number of carbonyl (C=O) groups is 4. The summed E-state index contributed by atoms with van der Waals surface area (Å²) in [6.07, 6.45) is 5.34. The van der Waals surface area contributed by atoms with E-state index in [2.05, 4.69) is 17.2 Å². The molecule has 2 bridgehead atoms. The summed E-state index contributed by atoms with van der Waals surface area (Å²) in [5.74, 6) is -2.14. The van der Waals surface area contributed by atoms with Crippen LogP contribution < -0.4 is 16.4 Å². The molecule has 1 aliphatic carbocycles. The maximum atomic E-state index is 13.5. The van der Waals surface area contributed by atoms with Crippen molar-refractivity contribution < 1.29 is 38.5 Å². The fourth-order valence-electron chi connectivity index (χ4n) is 4.95. The predicted molar refractivity (Wildman–Crippen MR) is 158 cm³/mol. The lowest BCUT2D eigenvalue weighted by Crippen LogP contribution is -2.37. The Labute approximate surface area is 247 Å². The first-order valence-corrected chi connectivity index (χ1v) is 13.8. The zero-order valence-electron chi connectivity index (χ0n) is 25.1. The van der Waals surface area contributed by atoms with Crippen LogP contribution in [0.5, 0.6) is 0 Å². The largest absolute Gasteiger partial charge is 0.439 e. The number of nitrogens with two attached hydrogens (primary N) is 1. The molecular formula is C31H43N3O8. The van der Waals surface area contributed by atoms with Crippen LogP contribution >= 0.6 is 0 Å². The minimum absolute atomic E-state index is 0.132. The number of rotatable bonds is 6. The molecule has 0 saturated heterocycles. The van der Waals surface area contributed by atoms with Crippen molar-refractivity contribution in [2.75, 3.05) is 20.8 Å². The number of allylic oxidation sites excluding steroid dienone is 4. The molecule has 0 aromatic rings. The fraction of sp³-hybridized carbons (Fsp3) is 0.484. The molecule has 1 heterocycles. The molecular weight excluding hydrogens is 542 g/mol. The highest BCUT2D eigenvalue weighted by Gasteiger charge is 2.33. The number of amides is 2. The standard InChI is InChI=1S/C31H43N3O8/c1-8-12-33-26-21-13-17(2)14-25(41-7)27(36)19(4)15-20(5)29(42-31(32)39)24(40-6)11-9-10-18(3)30(38)34-22(28(21)37)16-23(26)35/h8-11,15-17,19,24-25,27,29,33,36H,1,12-14H2,2-7H3,(H2,32,39)(H,34,38)/b11-9?,18-10-,20-15+/t17-,19-,24-,25-,27-,29-/m1/s1. The van der Waals surface area contributed by atoms with Crippen LogP contribution in [0.4, 0.5) is 4.79 Å². The van der Waals surface area contributed by atoms with Gasteiger partial charge in [-0.25, -0.2) is 4.79 Å². The van der Waals surface area contributed by atoms with Gasteiger partial charge >= 0.3 is 6.09 Å². The SMILES string of the molecule is C=CCNC1=C2C[C@@H](C)C[C@@H](OC)[C@H](O)[C@H](C)/C=C(\C)[C@@H](OC(N)=O)[C@H](OC)C=C/C=C(/C)C(=O)NC(=CC1=O)C2=O. The van der Waals surface area contributed by atoms with Gasteiger partial charge in [-0.3, -0.25) is 14.4 Å². The normalized spacial score (nSPS) is 30.8. The van der Waals surface area contributed by atoms with Gasteiger partial charge in [0, 0.05) is 43.9 Å². The van der Waals surface area contributed by atoms with Crippen molar-refractivity contribution in [3.8, 4) is 0 Å². The van der Waals surface area contributed by atoms with Crippen LogP contribution in [0, 0.1) is 11.8 Å². The van der Waals surface area contributed by atoms with Gasteiger partial charge in [0.25, 0.3) is 5.91 Å². The Morgan fingerprint density at radius 3 is 2.50 bits per heavy atom. The second-order valence-corrected chi connectivity index (χ2v) is 10.6. The van der Waals surface area contributed by atoms with E-state index in [4.69, 9.17) is 19.9 Å². The van der Waals surface area contributed by atoms with Gasteiger partial charge in [0.2, 0.25) is 11.6 Å². The van der Waals surface area contributed by atoms with E-state index in [1.807, 2.05) is 6.92 Å². The summed E-state index contributed by atoms with van der Waals surface area (Å²) in [5, 5.41) is 16.7. The van der Waals surface area contributed by atoms with Crippen molar-refractivity contribution in [3.63, 3.8) is 0 Å². The lowest BCUT2D eigenvalue weighted by Gasteiger charge is -2.30. The summed E-state index contributed by atoms with van der Waals surface area (Å²) in [5.41, 5.74) is 6.42. The zero-order chi connectivity index (χ0) is 31.6. The molecule has 0 saturated carbocycles. The molecule has 2 aliphatic rings. The minimum atomic E-state index is -1.00. The summed E-state index contributed by atoms with van der Waals surface area (Å²) in [6.45, 7) is 10.9. The minimum Gasteiger partial charge on any atom is -0.439 e. The molecule has 2 rings (SSSR count). The molecule has 5 N–H and O–H groups in total. The molecule has 11 nitrogen and oxygen atoms in total. The molecule has 230 valence electrons. The van der Waals surface area contributed by atoms with E-state index < -0.39 is 53.9 Å². The quantitative estimate of drug-likeness (QED) is 0.271. The molecule has 6 atom stereocenters. The van der Waals surface area contributed by atoms with Crippen molar-refractivity contribution in [1.29, 1.82) is 0 Å². The molecule has 0 aromatic heterocycles. The average Bonchev–Trinajstić information content (AvgIpc) is 2.94. The molecule has 0 radical (unpaired) electrons. The lowest BCUT2D eigenvalue weighted by atomic mass is 9.85. The number of ketones is 2. The second kappa shape index (κ2) is 16.0. The van der Waals surface area contributed by atoms with Crippen molar-refractivity contribution in [3.05, 3.63) is 71.1 Å². The number of fused-ring (bicyclic) bond motifs is 2. The van der Waals surface area contributed by atoms with E-state index in [0.29, 0.717) is 12.0 Å². The van der Waals surface area contributed by atoms with Gasteiger partial charge in [-0.1, -0.05) is 44.2 Å². The summed E-state index contributed by atoms with van der Waals surface area (Å²) in [7, 11) is 2.92. The molecule has 0 spiro atoms. The molecule has 0 fully saturated rings. The van der Waals surface area contributed by atoms with Crippen LogP contribution in [0.2, 0.25) is 0 Å². The molecule has 2 amide bonds. The number of aliphatic hydroxyl groups excluding tert-OH is 1. The average molecular weight is 586 g/mol. The number of aliphatic hydroxyl groups is 1. The van der Waals surface area contributed by atoms with Gasteiger partial charge in [-0.15, -0.1) is 6.58 Å².